The van der Waals surface area contributed by atoms with Crippen molar-refractivity contribution in [1.82, 2.24) is 4.98 Å². The molecule has 1 aromatic heterocycles. The first-order valence-corrected chi connectivity index (χ1v) is 12.3. The van der Waals surface area contributed by atoms with Gasteiger partial charge in [-0.2, -0.15) is 13.2 Å². The highest BCUT2D eigenvalue weighted by molar-refractivity contribution is 7.99. The first-order chi connectivity index (χ1) is 16.3. The number of hydrogen-bond donors (Lipinski definition) is 1. The van der Waals surface area contributed by atoms with Crippen LogP contribution in [0.2, 0.25) is 0 Å². The summed E-state index contributed by atoms with van der Waals surface area (Å²) < 4.78 is 55.2. The number of rotatable bonds is 7. The molecular weight excluding hydrogens is 460 g/mol. The fourth-order valence-electron chi connectivity index (χ4n) is 4.22. The Kier molecular flexibility index (Phi) is 7.31. The molecule has 1 aliphatic carbocycles. The van der Waals surface area contributed by atoms with E-state index in [4.69, 9.17) is 0 Å². The number of thioether (sulfide) groups is 1. The lowest BCUT2D eigenvalue weighted by atomic mass is 9.90. The number of pyridine rings is 1. The van der Waals surface area contributed by atoms with Gasteiger partial charge in [0.05, 0.1) is 11.3 Å². The topological polar surface area (TPSA) is 24.9 Å². The molecule has 1 N–H and O–H groups in total. The summed E-state index contributed by atoms with van der Waals surface area (Å²) in [6.07, 6.45) is -0.0156. The van der Waals surface area contributed by atoms with Crippen molar-refractivity contribution in [1.29, 1.82) is 0 Å². The molecule has 1 aliphatic rings. The highest BCUT2D eigenvalue weighted by atomic mass is 32.2. The van der Waals surface area contributed by atoms with Gasteiger partial charge in [0, 0.05) is 21.7 Å². The number of fused-ring (bicyclic) bond motifs is 1. The lowest BCUT2D eigenvalue weighted by Crippen LogP contribution is -2.12. The van der Waals surface area contributed by atoms with E-state index in [0.717, 1.165) is 59.9 Å². The van der Waals surface area contributed by atoms with Crippen molar-refractivity contribution in [3.8, 4) is 11.3 Å². The highest BCUT2D eigenvalue weighted by Gasteiger charge is 2.34. The summed E-state index contributed by atoms with van der Waals surface area (Å²) in [5.74, 6) is 0.995. The fourth-order valence-corrected chi connectivity index (χ4v) is 5.15. The van der Waals surface area contributed by atoms with Crippen LogP contribution in [0.3, 0.4) is 0 Å². The molecule has 34 heavy (non-hydrogen) atoms. The van der Waals surface area contributed by atoms with Gasteiger partial charge >= 0.3 is 6.18 Å². The van der Waals surface area contributed by atoms with Crippen molar-refractivity contribution in [2.24, 2.45) is 0 Å². The van der Waals surface area contributed by atoms with Gasteiger partial charge in [-0.25, -0.2) is 9.37 Å². The predicted molar refractivity (Wildman–Crippen MR) is 131 cm³/mol. The summed E-state index contributed by atoms with van der Waals surface area (Å²) in [7, 11) is 0. The Morgan fingerprint density at radius 2 is 1.85 bits per heavy atom. The maximum atomic E-state index is 14.1. The monoisotopic (exact) mass is 486 g/mol. The van der Waals surface area contributed by atoms with E-state index in [1.165, 1.54) is 24.3 Å². The second kappa shape index (κ2) is 10.2. The predicted octanol–water partition coefficient (Wildman–Crippen LogP) is 8.37. The van der Waals surface area contributed by atoms with Gasteiger partial charge < -0.3 is 5.32 Å². The number of nitrogens with one attached hydrogen (secondary N) is 1. The van der Waals surface area contributed by atoms with E-state index in [-0.39, 0.29) is 17.1 Å². The smallest absolute Gasteiger partial charge is 0.340 e. The Hall–Kier alpha value is -2.80. The molecular formula is C27H26F4N2S. The third-order valence-electron chi connectivity index (χ3n) is 5.85. The van der Waals surface area contributed by atoms with Crippen LogP contribution in [0, 0.1) is 5.82 Å². The van der Waals surface area contributed by atoms with Gasteiger partial charge in [0.15, 0.2) is 0 Å². The Labute approximate surface area is 201 Å². The molecule has 4 rings (SSSR count). The number of halogens is 4. The Bertz CT molecular complexity index is 1200. The van der Waals surface area contributed by atoms with Gasteiger partial charge in [-0.15, -0.1) is 11.8 Å². The van der Waals surface area contributed by atoms with Crippen molar-refractivity contribution >= 4 is 23.3 Å². The van der Waals surface area contributed by atoms with E-state index < -0.39 is 11.7 Å². The van der Waals surface area contributed by atoms with Crippen LogP contribution < -0.4 is 5.32 Å². The minimum Gasteiger partial charge on any atom is -0.340 e. The highest BCUT2D eigenvalue weighted by Crippen LogP contribution is 2.39. The fraction of sp³-hybridized carbons (Fsp3) is 0.296. The first kappa shape index (κ1) is 24.3. The number of anilines is 1. The molecule has 0 atom stereocenters. The lowest BCUT2D eigenvalue weighted by molar-refractivity contribution is -0.137. The number of alkyl halides is 3. The number of aryl methyl sites for hydroxylation is 1. The van der Waals surface area contributed by atoms with E-state index in [0.29, 0.717) is 17.1 Å². The molecule has 7 heteroatoms. The molecule has 1 heterocycles. The molecule has 2 nitrogen and oxygen atoms in total. The van der Waals surface area contributed by atoms with Gasteiger partial charge in [-0.3, -0.25) is 0 Å². The zero-order chi connectivity index (χ0) is 24.3. The number of aromatic nitrogens is 1. The lowest BCUT2D eigenvalue weighted by Gasteiger charge is -2.23. The largest absolute Gasteiger partial charge is 0.417 e. The van der Waals surface area contributed by atoms with Crippen molar-refractivity contribution in [2.75, 3.05) is 11.1 Å². The SMILES string of the molecule is C=C(Nc1nc(-c2ccccc2C(F)(F)F)cc2c1CCCC2)c1cc(F)ccc1SCCC. The molecule has 0 radical (unpaired) electrons. The Balaban J connectivity index is 1.77. The molecule has 0 saturated carbocycles. The van der Waals surface area contributed by atoms with Gasteiger partial charge in [-0.1, -0.05) is 31.7 Å². The van der Waals surface area contributed by atoms with Gasteiger partial charge in [0.2, 0.25) is 0 Å². The molecule has 0 amide bonds. The molecule has 0 saturated heterocycles. The minimum absolute atomic E-state index is 0.0435. The molecule has 0 spiro atoms. The van der Waals surface area contributed by atoms with E-state index >= 15 is 0 Å². The van der Waals surface area contributed by atoms with Gasteiger partial charge in [0.1, 0.15) is 11.6 Å². The van der Waals surface area contributed by atoms with Crippen LogP contribution in [0.5, 0.6) is 0 Å². The minimum atomic E-state index is -4.49. The average molecular weight is 487 g/mol. The summed E-state index contributed by atoms with van der Waals surface area (Å²) in [6.45, 7) is 6.20. The van der Waals surface area contributed by atoms with E-state index in [1.54, 1.807) is 30.0 Å². The maximum absolute atomic E-state index is 14.1. The van der Waals surface area contributed by atoms with Gasteiger partial charge in [-0.05, 0) is 79.3 Å². The van der Waals surface area contributed by atoms with E-state index in [1.807, 2.05) is 0 Å². The molecule has 178 valence electrons. The van der Waals surface area contributed by atoms with Crippen LogP contribution in [-0.2, 0) is 19.0 Å². The molecule has 0 unspecified atom stereocenters. The number of hydrogen-bond acceptors (Lipinski definition) is 3. The summed E-state index contributed by atoms with van der Waals surface area (Å²) >= 11 is 1.62. The summed E-state index contributed by atoms with van der Waals surface area (Å²) in [4.78, 5) is 5.53. The summed E-state index contributed by atoms with van der Waals surface area (Å²) in [6, 6.07) is 11.9. The average Bonchev–Trinajstić information content (AvgIpc) is 2.82. The third-order valence-corrected chi connectivity index (χ3v) is 7.13. The normalized spacial score (nSPS) is 13.4. The van der Waals surface area contributed by atoms with Gasteiger partial charge in [0.25, 0.3) is 0 Å². The summed E-state index contributed by atoms with van der Waals surface area (Å²) in [5.41, 5.74) is 2.67. The van der Waals surface area contributed by atoms with Crippen molar-refractivity contribution in [2.45, 2.75) is 50.1 Å². The summed E-state index contributed by atoms with van der Waals surface area (Å²) in [5, 5.41) is 3.23. The standard InChI is InChI=1S/C27H26F4N2S/c1-3-14-34-25-13-12-19(28)16-22(25)17(2)32-26-20-9-5-4-8-18(20)15-24(33-26)21-10-6-7-11-23(21)27(29,30)31/h6-7,10-13,15-16H,2-5,8-9,14H2,1H3,(H,32,33). The zero-order valence-corrected chi connectivity index (χ0v) is 19.8. The number of benzene rings is 2. The molecule has 0 fully saturated rings. The molecule has 0 bridgehead atoms. The van der Waals surface area contributed by atoms with E-state index in [2.05, 4.69) is 23.8 Å². The van der Waals surface area contributed by atoms with E-state index in [9.17, 15) is 17.6 Å². The van der Waals surface area contributed by atoms with Crippen molar-refractivity contribution < 1.29 is 17.6 Å². The Morgan fingerprint density at radius 3 is 2.62 bits per heavy atom. The maximum Gasteiger partial charge on any atom is 0.417 e. The van der Waals surface area contributed by atoms with Crippen LogP contribution in [0.15, 0.2) is 60.0 Å². The number of nitrogens with zero attached hydrogens (tertiary/aromatic N) is 1. The Morgan fingerprint density at radius 1 is 1.09 bits per heavy atom. The van der Waals surface area contributed by atoms with Crippen molar-refractivity contribution in [3.63, 3.8) is 0 Å². The van der Waals surface area contributed by atoms with Crippen LogP contribution >= 0.6 is 11.8 Å². The van der Waals surface area contributed by atoms with Crippen LogP contribution in [0.25, 0.3) is 17.0 Å². The second-order valence-corrected chi connectivity index (χ2v) is 9.47. The van der Waals surface area contributed by atoms with Crippen molar-refractivity contribution in [3.05, 3.63) is 83.2 Å². The molecule has 0 aliphatic heterocycles. The first-order valence-electron chi connectivity index (χ1n) is 11.4. The van der Waals surface area contributed by atoms with Crippen LogP contribution in [-0.4, -0.2) is 10.7 Å². The quantitative estimate of drug-likeness (QED) is 0.268. The zero-order valence-electron chi connectivity index (χ0n) is 18.9. The van der Waals surface area contributed by atoms with Crippen LogP contribution in [0.1, 0.15) is 48.4 Å². The third kappa shape index (κ3) is 5.30. The second-order valence-electron chi connectivity index (χ2n) is 8.34. The van der Waals surface area contributed by atoms with Crippen LogP contribution in [0.4, 0.5) is 23.4 Å². The molecule has 2 aromatic carbocycles. The molecule has 3 aromatic rings.